The number of halogens is 2. The lowest BCUT2D eigenvalue weighted by molar-refractivity contribution is -0.127. The summed E-state index contributed by atoms with van der Waals surface area (Å²) in [7, 11) is 0. The largest absolute Gasteiger partial charge is 0.332 e. The summed E-state index contributed by atoms with van der Waals surface area (Å²) in [6, 6.07) is 14.1. The average Bonchev–Trinajstić information content (AvgIpc) is 3.38. The molecule has 0 unspecified atom stereocenters. The van der Waals surface area contributed by atoms with Crippen LogP contribution in [0.15, 0.2) is 54.6 Å². The molecule has 118 valence electrons. The van der Waals surface area contributed by atoms with E-state index in [1.807, 2.05) is 18.2 Å². The quantitative estimate of drug-likeness (QED) is 0.729. The minimum Gasteiger partial charge on any atom is -0.332 e. The van der Waals surface area contributed by atoms with Gasteiger partial charge >= 0.3 is 0 Å². The number of hydrogen-bond acceptors (Lipinski definition) is 1. The van der Waals surface area contributed by atoms with Crippen molar-refractivity contribution in [1.82, 2.24) is 4.90 Å². The van der Waals surface area contributed by atoms with E-state index in [9.17, 15) is 9.18 Å². The highest BCUT2D eigenvalue weighted by atomic mass is 35.5. The molecule has 2 aromatic rings. The van der Waals surface area contributed by atoms with Crippen LogP contribution in [0, 0.1) is 5.82 Å². The first-order valence-corrected chi connectivity index (χ1v) is 7.99. The van der Waals surface area contributed by atoms with Crippen molar-refractivity contribution in [2.45, 2.75) is 25.4 Å². The Hall–Kier alpha value is -2.13. The third kappa shape index (κ3) is 3.99. The molecule has 0 spiro atoms. The molecule has 1 aliphatic rings. The van der Waals surface area contributed by atoms with Crippen LogP contribution in [-0.2, 0) is 11.3 Å². The van der Waals surface area contributed by atoms with Crippen molar-refractivity contribution in [1.29, 1.82) is 0 Å². The number of hydrogen-bond donors (Lipinski definition) is 0. The highest BCUT2D eigenvalue weighted by Gasteiger charge is 2.31. The lowest BCUT2D eigenvalue weighted by atomic mass is 10.2. The van der Waals surface area contributed by atoms with Gasteiger partial charge in [0.25, 0.3) is 0 Å². The number of carbonyl (C=O) groups is 1. The first-order chi connectivity index (χ1) is 11.1. The van der Waals surface area contributed by atoms with E-state index >= 15 is 0 Å². The summed E-state index contributed by atoms with van der Waals surface area (Å²) in [6.45, 7) is 0.295. The molecule has 0 aliphatic heterocycles. The van der Waals surface area contributed by atoms with Crippen molar-refractivity contribution < 1.29 is 9.18 Å². The van der Waals surface area contributed by atoms with Crippen LogP contribution in [0.3, 0.4) is 0 Å². The van der Waals surface area contributed by atoms with Crippen molar-refractivity contribution in [3.05, 3.63) is 76.6 Å². The lowest BCUT2D eigenvalue weighted by Crippen LogP contribution is -2.31. The number of amides is 1. The molecule has 1 saturated carbocycles. The van der Waals surface area contributed by atoms with Gasteiger partial charge in [0.2, 0.25) is 5.91 Å². The first kappa shape index (κ1) is 15.8. The van der Waals surface area contributed by atoms with Gasteiger partial charge in [-0.25, -0.2) is 4.39 Å². The molecular weight excluding hydrogens is 313 g/mol. The van der Waals surface area contributed by atoms with Crippen LogP contribution in [0.25, 0.3) is 6.08 Å². The van der Waals surface area contributed by atoms with Gasteiger partial charge in [-0.05, 0) is 36.6 Å². The van der Waals surface area contributed by atoms with Crippen LogP contribution in [0.2, 0.25) is 5.02 Å². The van der Waals surface area contributed by atoms with Gasteiger partial charge in [-0.2, -0.15) is 0 Å². The van der Waals surface area contributed by atoms with Gasteiger partial charge in [-0.15, -0.1) is 0 Å². The van der Waals surface area contributed by atoms with E-state index in [4.69, 9.17) is 11.6 Å². The Morgan fingerprint density at radius 2 is 1.87 bits per heavy atom. The highest BCUT2D eigenvalue weighted by Crippen LogP contribution is 2.29. The van der Waals surface area contributed by atoms with E-state index in [1.165, 1.54) is 12.1 Å². The van der Waals surface area contributed by atoms with Gasteiger partial charge in [0.05, 0.1) is 0 Å². The van der Waals surface area contributed by atoms with E-state index < -0.39 is 0 Å². The van der Waals surface area contributed by atoms with E-state index in [2.05, 4.69) is 0 Å². The molecule has 1 aliphatic carbocycles. The molecule has 0 saturated heterocycles. The maximum Gasteiger partial charge on any atom is 0.247 e. The standard InChI is InChI=1S/C19H17ClFNO/c20-17-7-3-1-5-14(17)9-12-19(23)22(16-10-11-16)13-15-6-2-4-8-18(15)21/h1-9,12,16H,10-11,13H2. The molecule has 0 heterocycles. The second kappa shape index (κ2) is 6.97. The van der Waals surface area contributed by atoms with Crippen LogP contribution in [-0.4, -0.2) is 16.8 Å². The minimum atomic E-state index is -0.277. The molecule has 23 heavy (non-hydrogen) atoms. The molecule has 3 rings (SSSR count). The number of rotatable bonds is 5. The van der Waals surface area contributed by atoms with Crippen LogP contribution in [0.1, 0.15) is 24.0 Å². The SMILES string of the molecule is O=C(C=Cc1ccccc1Cl)N(Cc1ccccc1F)C1CC1. The third-order valence-corrected chi connectivity index (χ3v) is 4.22. The van der Waals surface area contributed by atoms with E-state index in [-0.39, 0.29) is 17.8 Å². The zero-order chi connectivity index (χ0) is 16.2. The van der Waals surface area contributed by atoms with Crippen molar-refractivity contribution >= 4 is 23.6 Å². The summed E-state index contributed by atoms with van der Waals surface area (Å²) in [5, 5.41) is 0.601. The number of carbonyl (C=O) groups excluding carboxylic acids is 1. The fraction of sp³-hybridized carbons (Fsp3) is 0.211. The van der Waals surface area contributed by atoms with Gasteiger partial charge in [0.1, 0.15) is 5.82 Å². The van der Waals surface area contributed by atoms with E-state index in [0.29, 0.717) is 17.1 Å². The summed E-state index contributed by atoms with van der Waals surface area (Å²) in [4.78, 5) is 14.2. The Labute approximate surface area is 140 Å². The smallest absolute Gasteiger partial charge is 0.247 e. The van der Waals surface area contributed by atoms with Crippen molar-refractivity contribution in [3.63, 3.8) is 0 Å². The molecule has 0 atom stereocenters. The predicted octanol–water partition coefficient (Wildman–Crippen LogP) is 4.68. The molecule has 0 aromatic heterocycles. The molecule has 0 bridgehead atoms. The summed E-state index contributed by atoms with van der Waals surface area (Å²) >= 11 is 6.09. The Bertz CT molecular complexity index is 740. The minimum absolute atomic E-state index is 0.115. The average molecular weight is 330 g/mol. The second-order valence-corrected chi connectivity index (χ2v) is 6.05. The van der Waals surface area contributed by atoms with Crippen molar-refractivity contribution in [2.24, 2.45) is 0 Å². The molecule has 0 radical (unpaired) electrons. The topological polar surface area (TPSA) is 20.3 Å². The summed E-state index contributed by atoms with van der Waals surface area (Å²) in [5.74, 6) is -0.392. The molecule has 0 N–H and O–H groups in total. The fourth-order valence-electron chi connectivity index (χ4n) is 2.45. The second-order valence-electron chi connectivity index (χ2n) is 5.64. The molecule has 2 aromatic carbocycles. The maximum atomic E-state index is 13.8. The number of benzene rings is 2. The Balaban J connectivity index is 1.75. The van der Waals surface area contributed by atoms with Crippen molar-refractivity contribution in [2.75, 3.05) is 0 Å². The lowest BCUT2D eigenvalue weighted by Gasteiger charge is -2.21. The summed E-state index contributed by atoms with van der Waals surface area (Å²) < 4.78 is 13.8. The Kier molecular flexibility index (Phi) is 4.77. The molecular formula is C19H17ClFNO. The zero-order valence-electron chi connectivity index (χ0n) is 12.6. The number of nitrogens with zero attached hydrogens (tertiary/aromatic N) is 1. The molecule has 1 fully saturated rings. The summed E-state index contributed by atoms with van der Waals surface area (Å²) in [6.07, 6.45) is 5.17. The predicted molar refractivity (Wildman–Crippen MR) is 90.5 cm³/mol. The van der Waals surface area contributed by atoms with Crippen LogP contribution in [0.4, 0.5) is 4.39 Å². The van der Waals surface area contributed by atoms with Gasteiger partial charge in [-0.1, -0.05) is 48.0 Å². The Morgan fingerprint density at radius 3 is 2.57 bits per heavy atom. The molecule has 2 nitrogen and oxygen atoms in total. The Morgan fingerprint density at radius 1 is 1.17 bits per heavy atom. The van der Waals surface area contributed by atoms with Gasteiger partial charge in [-0.3, -0.25) is 4.79 Å². The maximum absolute atomic E-state index is 13.8. The van der Waals surface area contributed by atoms with Crippen LogP contribution >= 0.6 is 11.6 Å². The van der Waals surface area contributed by atoms with Gasteiger partial charge in [0, 0.05) is 29.2 Å². The molecule has 4 heteroatoms. The third-order valence-electron chi connectivity index (χ3n) is 3.88. The van der Waals surface area contributed by atoms with Crippen LogP contribution in [0.5, 0.6) is 0 Å². The first-order valence-electron chi connectivity index (χ1n) is 7.62. The fourth-order valence-corrected chi connectivity index (χ4v) is 2.65. The normalized spacial score (nSPS) is 14.2. The van der Waals surface area contributed by atoms with Gasteiger partial charge in [0.15, 0.2) is 0 Å². The zero-order valence-corrected chi connectivity index (χ0v) is 13.3. The van der Waals surface area contributed by atoms with E-state index in [0.717, 1.165) is 18.4 Å². The summed E-state index contributed by atoms with van der Waals surface area (Å²) in [5.41, 5.74) is 1.34. The molecule has 1 amide bonds. The van der Waals surface area contributed by atoms with Crippen molar-refractivity contribution in [3.8, 4) is 0 Å². The van der Waals surface area contributed by atoms with Crippen LogP contribution < -0.4 is 0 Å². The highest BCUT2D eigenvalue weighted by molar-refractivity contribution is 6.32. The van der Waals surface area contributed by atoms with Gasteiger partial charge < -0.3 is 4.90 Å². The van der Waals surface area contributed by atoms with E-state index in [1.54, 1.807) is 35.2 Å². The monoisotopic (exact) mass is 329 g/mol.